The van der Waals surface area contributed by atoms with E-state index in [4.69, 9.17) is 9.47 Å². The highest BCUT2D eigenvalue weighted by atomic mass is 16.6. The third kappa shape index (κ3) is 0.875. The molecule has 0 amide bonds. The molecule has 3 atom stereocenters. The van der Waals surface area contributed by atoms with Crippen LogP contribution in [0.2, 0.25) is 0 Å². The van der Waals surface area contributed by atoms with E-state index in [1.165, 1.54) is 7.11 Å². The van der Waals surface area contributed by atoms with Gasteiger partial charge in [0.05, 0.1) is 7.11 Å². The molecule has 2 fully saturated rings. The largest absolute Gasteiger partial charge is 0.468 e. The van der Waals surface area contributed by atoms with Crippen LogP contribution in [0, 0.1) is 10.8 Å². The van der Waals surface area contributed by atoms with Crippen LogP contribution in [-0.4, -0.2) is 25.2 Å². The Balaban J connectivity index is 2.22. The molecule has 1 spiro atoms. The van der Waals surface area contributed by atoms with Crippen molar-refractivity contribution in [3.63, 3.8) is 0 Å². The van der Waals surface area contributed by atoms with E-state index in [1.807, 2.05) is 12.2 Å². The standard InChI is InChI=1S/C13H14O4/c1-8-5-7-12-6-3-4-9(12)17-11(15)13(8,12)10(14)16-2/h3-4,9H,1,5-7H2,2H3/t9?,12?,13-/m0/s1. The number of hydrogen-bond acceptors (Lipinski definition) is 4. The van der Waals surface area contributed by atoms with Gasteiger partial charge < -0.3 is 9.47 Å². The number of carbonyl (C=O) groups is 2. The van der Waals surface area contributed by atoms with E-state index < -0.39 is 22.8 Å². The van der Waals surface area contributed by atoms with Gasteiger partial charge in [-0.1, -0.05) is 12.7 Å². The summed E-state index contributed by atoms with van der Waals surface area (Å²) in [6.45, 7) is 3.91. The molecule has 3 aliphatic rings. The second-order valence-electron chi connectivity index (χ2n) is 4.96. The van der Waals surface area contributed by atoms with Gasteiger partial charge in [0.1, 0.15) is 6.10 Å². The fourth-order valence-electron chi connectivity index (χ4n) is 3.70. The first-order valence-corrected chi connectivity index (χ1v) is 5.74. The van der Waals surface area contributed by atoms with E-state index in [0.717, 1.165) is 6.42 Å². The van der Waals surface area contributed by atoms with Crippen molar-refractivity contribution in [3.8, 4) is 0 Å². The van der Waals surface area contributed by atoms with Crippen LogP contribution in [0.3, 0.4) is 0 Å². The lowest BCUT2D eigenvalue weighted by atomic mass is 9.63. The first kappa shape index (κ1) is 10.6. The van der Waals surface area contributed by atoms with Gasteiger partial charge in [0.25, 0.3) is 0 Å². The molecule has 0 aromatic rings. The summed E-state index contributed by atoms with van der Waals surface area (Å²) in [7, 11) is 1.30. The van der Waals surface area contributed by atoms with E-state index in [1.54, 1.807) is 0 Å². The molecule has 2 unspecified atom stereocenters. The predicted molar refractivity (Wildman–Crippen MR) is 58.9 cm³/mol. The minimum Gasteiger partial charge on any atom is -0.468 e. The molecule has 0 N–H and O–H groups in total. The van der Waals surface area contributed by atoms with Crippen molar-refractivity contribution in [1.29, 1.82) is 0 Å². The molecular weight excluding hydrogens is 220 g/mol. The average molecular weight is 234 g/mol. The highest BCUT2D eigenvalue weighted by Gasteiger charge is 2.76. The Kier molecular flexibility index (Phi) is 1.86. The Morgan fingerprint density at radius 1 is 1.65 bits per heavy atom. The molecule has 1 heterocycles. The minimum absolute atomic E-state index is 0.298. The Morgan fingerprint density at radius 2 is 2.41 bits per heavy atom. The first-order chi connectivity index (χ1) is 8.09. The normalized spacial score (nSPS) is 42.3. The van der Waals surface area contributed by atoms with Crippen LogP contribution < -0.4 is 0 Å². The summed E-state index contributed by atoms with van der Waals surface area (Å²) in [5, 5.41) is 0. The van der Waals surface area contributed by atoms with E-state index in [0.29, 0.717) is 18.4 Å². The molecule has 0 bridgehead atoms. The van der Waals surface area contributed by atoms with Gasteiger partial charge in [-0.25, -0.2) is 0 Å². The SMILES string of the molecule is C=C1CCC23CC=CC2OC(=O)[C@@]13C(=O)OC. The Bertz CT molecular complexity index is 464. The van der Waals surface area contributed by atoms with Gasteiger partial charge in [-0.05, 0) is 30.9 Å². The van der Waals surface area contributed by atoms with E-state index in [9.17, 15) is 9.59 Å². The third-order valence-electron chi connectivity index (χ3n) is 4.52. The quantitative estimate of drug-likeness (QED) is 0.390. The monoisotopic (exact) mass is 234 g/mol. The molecule has 3 rings (SSSR count). The third-order valence-corrected chi connectivity index (χ3v) is 4.52. The number of carbonyl (C=O) groups excluding carboxylic acids is 2. The van der Waals surface area contributed by atoms with Crippen molar-refractivity contribution in [3.05, 3.63) is 24.3 Å². The second kappa shape index (κ2) is 3.00. The molecule has 17 heavy (non-hydrogen) atoms. The van der Waals surface area contributed by atoms with E-state index >= 15 is 0 Å². The van der Waals surface area contributed by atoms with Gasteiger partial charge in [0.15, 0.2) is 5.41 Å². The van der Waals surface area contributed by atoms with Crippen LogP contribution in [0.15, 0.2) is 24.3 Å². The molecule has 0 aromatic carbocycles. The number of hydrogen-bond donors (Lipinski definition) is 0. The van der Waals surface area contributed by atoms with Gasteiger partial charge in [0, 0.05) is 5.41 Å². The van der Waals surface area contributed by atoms with Crippen molar-refractivity contribution >= 4 is 11.9 Å². The van der Waals surface area contributed by atoms with Gasteiger partial charge in [-0.2, -0.15) is 0 Å². The lowest BCUT2D eigenvalue weighted by molar-refractivity contribution is -0.162. The maximum Gasteiger partial charge on any atom is 0.329 e. The molecule has 1 aliphatic heterocycles. The van der Waals surface area contributed by atoms with Crippen molar-refractivity contribution in [2.45, 2.75) is 25.4 Å². The summed E-state index contributed by atoms with van der Waals surface area (Å²) < 4.78 is 10.2. The van der Waals surface area contributed by atoms with Crippen molar-refractivity contribution in [1.82, 2.24) is 0 Å². The summed E-state index contributed by atoms with van der Waals surface area (Å²) in [5.74, 6) is -1.00. The van der Waals surface area contributed by atoms with Crippen LogP contribution in [0.5, 0.6) is 0 Å². The number of rotatable bonds is 1. The van der Waals surface area contributed by atoms with Gasteiger partial charge in [-0.15, -0.1) is 0 Å². The molecule has 1 saturated carbocycles. The van der Waals surface area contributed by atoms with Crippen LogP contribution >= 0.6 is 0 Å². The zero-order valence-corrected chi connectivity index (χ0v) is 9.69. The topological polar surface area (TPSA) is 52.6 Å². The van der Waals surface area contributed by atoms with Crippen LogP contribution in [0.1, 0.15) is 19.3 Å². The van der Waals surface area contributed by atoms with Gasteiger partial charge in [-0.3, -0.25) is 9.59 Å². The molecule has 1 saturated heterocycles. The zero-order chi connectivity index (χ0) is 12.3. The number of esters is 2. The zero-order valence-electron chi connectivity index (χ0n) is 9.69. The number of allylic oxidation sites excluding steroid dienone is 1. The average Bonchev–Trinajstić information content (AvgIpc) is 2.89. The Hall–Kier alpha value is -1.58. The summed E-state index contributed by atoms with van der Waals surface area (Å²) in [5.41, 5.74) is -1.11. The summed E-state index contributed by atoms with van der Waals surface area (Å²) in [6, 6.07) is 0. The van der Waals surface area contributed by atoms with Crippen LogP contribution in [0.4, 0.5) is 0 Å². The molecule has 0 aromatic heterocycles. The lowest BCUT2D eigenvalue weighted by Crippen LogP contribution is -2.47. The second-order valence-corrected chi connectivity index (χ2v) is 4.96. The van der Waals surface area contributed by atoms with Crippen molar-refractivity contribution < 1.29 is 19.1 Å². The highest BCUT2D eigenvalue weighted by Crippen LogP contribution is 2.67. The first-order valence-electron chi connectivity index (χ1n) is 5.74. The fraction of sp³-hybridized carbons (Fsp3) is 0.538. The molecule has 90 valence electrons. The molecule has 4 nitrogen and oxygen atoms in total. The minimum atomic E-state index is -1.27. The lowest BCUT2D eigenvalue weighted by Gasteiger charge is -2.33. The summed E-state index contributed by atoms with van der Waals surface area (Å²) in [4.78, 5) is 24.3. The molecule has 2 aliphatic carbocycles. The maximum absolute atomic E-state index is 12.2. The van der Waals surface area contributed by atoms with Crippen LogP contribution in [0.25, 0.3) is 0 Å². The summed E-state index contributed by atoms with van der Waals surface area (Å²) in [6.07, 6.45) is 5.67. The Labute approximate surface area is 99.3 Å². The van der Waals surface area contributed by atoms with E-state index in [-0.39, 0.29) is 6.10 Å². The van der Waals surface area contributed by atoms with Crippen LogP contribution in [-0.2, 0) is 19.1 Å². The maximum atomic E-state index is 12.2. The number of ether oxygens (including phenoxy) is 2. The van der Waals surface area contributed by atoms with Gasteiger partial charge >= 0.3 is 11.9 Å². The highest BCUT2D eigenvalue weighted by molar-refractivity contribution is 6.07. The van der Waals surface area contributed by atoms with E-state index in [2.05, 4.69) is 6.58 Å². The Morgan fingerprint density at radius 3 is 3.12 bits per heavy atom. The molecular formula is C13H14O4. The summed E-state index contributed by atoms with van der Waals surface area (Å²) >= 11 is 0. The van der Waals surface area contributed by atoms with Crippen molar-refractivity contribution in [2.24, 2.45) is 10.8 Å². The number of methoxy groups -OCH3 is 1. The van der Waals surface area contributed by atoms with Crippen molar-refractivity contribution in [2.75, 3.05) is 7.11 Å². The molecule has 0 radical (unpaired) electrons. The smallest absolute Gasteiger partial charge is 0.329 e. The fourth-order valence-corrected chi connectivity index (χ4v) is 3.70. The molecule has 4 heteroatoms. The predicted octanol–water partition coefficient (Wildman–Crippen LogP) is 1.37. The van der Waals surface area contributed by atoms with Gasteiger partial charge in [0.2, 0.25) is 0 Å².